The van der Waals surface area contributed by atoms with Gasteiger partial charge < -0.3 is 9.47 Å². The van der Waals surface area contributed by atoms with Gasteiger partial charge in [0.05, 0.1) is 12.7 Å². The van der Waals surface area contributed by atoms with Gasteiger partial charge in [0.25, 0.3) is 0 Å². The molecule has 0 unspecified atom stereocenters. The minimum absolute atomic E-state index is 0.166. The van der Waals surface area contributed by atoms with E-state index in [4.69, 9.17) is 21.1 Å². The highest BCUT2D eigenvalue weighted by Crippen LogP contribution is 2.33. The third-order valence-corrected chi connectivity index (χ3v) is 4.26. The molecular weight excluding hydrogens is 320 g/mol. The van der Waals surface area contributed by atoms with E-state index in [2.05, 4.69) is 12.1 Å². The summed E-state index contributed by atoms with van der Waals surface area (Å²) in [6, 6.07) is 12.3. The van der Waals surface area contributed by atoms with Crippen LogP contribution in [0.3, 0.4) is 0 Å². The molecule has 0 N–H and O–H groups in total. The van der Waals surface area contributed by atoms with Crippen molar-refractivity contribution >= 4 is 22.4 Å². The van der Waals surface area contributed by atoms with Gasteiger partial charge in [-0.1, -0.05) is 49.9 Å². The van der Waals surface area contributed by atoms with Gasteiger partial charge in [-0.25, -0.2) is 0 Å². The summed E-state index contributed by atoms with van der Waals surface area (Å²) in [5.41, 5.74) is 0. The summed E-state index contributed by atoms with van der Waals surface area (Å²) in [5, 5.41) is 2.24. The normalized spacial score (nSPS) is 11.2. The van der Waals surface area contributed by atoms with Crippen molar-refractivity contribution in [3.63, 3.8) is 0 Å². The molecule has 0 fully saturated rings. The lowest BCUT2D eigenvalue weighted by molar-refractivity contribution is 0.245. The maximum atomic E-state index is 6.03. The summed E-state index contributed by atoms with van der Waals surface area (Å²) >= 11 is 5.69. The van der Waals surface area contributed by atoms with Gasteiger partial charge in [-0.2, -0.15) is 0 Å². The number of fused-ring (bicyclic) bond motifs is 1. The zero-order valence-electron chi connectivity index (χ0n) is 14.9. The number of halogens is 1. The lowest BCUT2D eigenvalue weighted by Gasteiger charge is -2.15. The van der Waals surface area contributed by atoms with Gasteiger partial charge >= 0.3 is 0 Å². The van der Waals surface area contributed by atoms with Crippen LogP contribution < -0.4 is 9.47 Å². The maximum Gasteiger partial charge on any atom is 0.127 e. The van der Waals surface area contributed by atoms with Crippen LogP contribution in [0.2, 0.25) is 0 Å². The Morgan fingerprint density at radius 1 is 0.792 bits per heavy atom. The van der Waals surface area contributed by atoms with Crippen molar-refractivity contribution in [3.05, 3.63) is 36.4 Å². The van der Waals surface area contributed by atoms with E-state index in [9.17, 15) is 0 Å². The largest absolute Gasteiger partial charge is 0.493 e. The van der Waals surface area contributed by atoms with Crippen molar-refractivity contribution in [1.29, 1.82) is 0 Å². The van der Waals surface area contributed by atoms with Crippen LogP contribution in [0, 0.1) is 0 Å². The third-order valence-electron chi connectivity index (χ3n) is 3.99. The van der Waals surface area contributed by atoms with Gasteiger partial charge in [-0.05, 0) is 38.8 Å². The highest BCUT2D eigenvalue weighted by atomic mass is 35.5. The van der Waals surface area contributed by atoms with Crippen LogP contribution in [-0.4, -0.2) is 18.6 Å². The smallest absolute Gasteiger partial charge is 0.127 e. The second-order valence-electron chi connectivity index (χ2n) is 6.43. The standard InChI is InChI=1S/C21H29ClO2/c1-17(2)24-21-14-13-20(18-11-7-8-12-19(18)21)23-16-10-6-4-3-5-9-15-22/h7-8,11-14,17H,3-6,9-10,15-16H2,1-2H3. The van der Waals surface area contributed by atoms with Gasteiger partial charge in [-0.3, -0.25) is 0 Å². The molecule has 0 aliphatic rings. The van der Waals surface area contributed by atoms with Crippen molar-refractivity contribution in [2.75, 3.05) is 12.5 Å². The summed E-state index contributed by atoms with van der Waals surface area (Å²) in [5.74, 6) is 2.66. The van der Waals surface area contributed by atoms with Crippen molar-refractivity contribution in [2.45, 2.75) is 58.5 Å². The summed E-state index contributed by atoms with van der Waals surface area (Å²) in [7, 11) is 0. The molecule has 2 aromatic rings. The first-order valence-electron chi connectivity index (χ1n) is 9.09. The Hall–Kier alpha value is -1.41. The minimum Gasteiger partial charge on any atom is -0.493 e. The number of ether oxygens (including phenoxy) is 2. The van der Waals surface area contributed by atoms with Crippen LogP contribution in [0.5, 0.6) is 11.5 Å². The third kappa shape index (κ3) is 5.90. The van der Waals surface area contributed by atoms with E-state index in [0.29, 0.717) is 0 Å². The number of unbranched alkanes of at least 4 members (excludes halogenated alkanes) is 5. The molecule has 2 rings (SSSR count). The van der Waals surface area contributed by atoms with Crippen molar-refractivity contribution in [2.24, 2.45) is 0 Å². The average molecular weight is 349 g/mol. The first-order chi connectivity index (χ1) is 11.7. The molecule has 0 atom stereocenters. The van der Waals surface area contributed by atoms with E-state index < -0.39 is 0 Å². The van der Waals surface area contributed by atoms with Crippen molar-refractivity contribution in [3.8, 4) is 11.5 Å². The predicted octanol–water partition coefficient (Wildman–Crippen LogP) is 6.59. The molecule has 0 saturated carbocycles. The van der Waals surface area contributed by atoms with Crippen LogP contribution in [0.25, 0.3) is 10.8 Å². The van der Waals surface area contributed by atoms with Crippen LogP contribution in [-0.2, 0) is 0 Å². The molecule has 0 heterocycles. The fourth-order valence-electron chi connectivity index (χ4n) is 2.81. The van der Waals surface area contributed by atoms with Crippen LogP contribution in [0.15, 0.2) is 36.4 Å². The van der Waals surface area contributed by atoms with Crippen LogP contribution in [0.1, 0.15) is 52.4 Å². The molecule has 0 saturated heterocycles. The Bertz CT molecular complexity index is 610. The number of rotatable bonds is 11. The molecule has 2 nitrogen and oxygen atoms in total. The van der Waals surface area contributed by atoms with E-state index in [1.54, 1.807) is 0 Å². The Balaban J connectivity index is 1.88. The second kappa shape index (κ2) is 10.5. The fourth-order valence-corrected chi connectivity index (χ4v) is 3.00. The molecular formula is C21H29ClO2. The van der Waals surface area contributed by atoms with Crippen LogP contribution in [0.4, 0.5) is 0 Å². The lowest BCUT2D eigenvalue weighted by atomic mass is 10.1. The second-order valence-corrected chi connectivity index (χ2v) is 6.81. The Morgan fingerprint density at radius 3 is 2.04 bits per heavy atom. The number of hydrogen-bond donors (Lipinski definition) is 0. The molecule has 0 aromatic heterocycles. The summed E-state index contributed by atoms with van der Waals surface area (Å²) < 4.78 is 11.9. The summed E-state index contributed by atoms with van der Waals surface area (Å²) in [6.45, 7) is 4.86. The molecule has 24 heavy (non-hydrogen) atoms. The number of alkyl halides is 1. The lowest BCUT2D eigenvalue weighted by Crippen LogP contribution is -2.06. The molecule has 132 valence electrons. The fraction of sp³-hybridized carbons (Fsp3) is 0.524. The van der Waals surface area contributed by atoms with E-state index in [0.717, 1.165) is 47.6 Å². The molecule has 0 spiro atoms. The zero-order chi connectivity index (χ0) is 17.2. The summed E-state index contributed by atoms with van der Waals surface area (Å²) in [4.78, 5) is 0. The van der Waals surface area contributed by atoms with E-state index in [1.165, 1.54) is 25.7 Å². The molecule has 3 heteroatoms. The van der Waals surface area contributed by atoms with Gasteiger partial charge in [0, 0.05) is 16.7 Å². The monoisotopic (exact) mass is 348 g/mol. The highest BCUT2D eigenvalue weighted by Gasteiger charge is 2.08. The molecule has 0 bridgehead atoms. The van der Waals surface area contributed by atoms with Crippen molar-refractivity contribution in [1.82, 2.24) is 0 Å². The summed E-state index contributed by atoms with van der Waals surface area (Å²) in [6.07, 6.45) is 7.40. The van der Waals surface area contributed by atoms with Crippen molar-refractivity contribution < 1.29 is 9.47 Å². The number of hydrogen-bond acceptors (Lipinski definition) is 2. The Kier molecular flexibility index (Phi) is 8.24. The minimum atomic E-state index is 0.166. The van der Waals surface area contributed by atoms with Gasteiger partial charge in [0.15, 0.2) is 0 Å². The topological polar surface area (TPSA) is 18.5 Å². The molecule has 0 aliphatic heterocycles. The van der Waals surface area contributed by atoms with E-state index in [1.807, 2.05) is 38.1 Å². The number of benzene rings is 2. The highest BCUT2D eigenvalue weighted by molar-refractivity contribution is 6.17. The van der Waals surface area contributed by atoms with E-state index in [-0.39, 0.29) is 6.10 Å². The Morgan fingerprint density at radius 2 is 1.38 bits per heavy atom. The van der Waals surface area contributed by atoms with Gasteiger partial charge in [0.2, 0.25) is 0 Å². The molecule has 0 aliphatic carbocycles. The first kappa shape index (κ1) is 18.9. The van der Waals surface area contributed by atoms with Crippen LogP contribution >= 0.6 is 11.6 Å². The molecule has 2 aromatic carbocycles. The van der Waals surface area contributed by atoms with E-state index >= 15 is 0 Å². The molecule has 0 amide bonds. The predicted molar refractivity (Wildman–Crippen MR) is 104 cm³/mol. The quantitative estimate of drug-likeness (QED) is 0.337. The maximum absolute atomic E-state index is 6.03. The average Bonchev–Trinajstić information content (AvgIpc) is 2.58. The first-order valence-corrected chi connectivity index (χ1v) is 9.63. The Labute approximate surface area is 151 Å². The SMILES string of the molecule is CC(C)Oc1ccc(OCCCCCCCCCl)c2ccccc12. The van der Waals surface area contributed by atoms with Gasteiger partial charge in [0.1, 0.15) is 11.5 Å². The molecule has 0 radical (unpaired) electrons. The zero-order valence-corrected chi connectivity index (χ0v) is 15.6. The van der Waals surface area contributed by atoms with Gasteiger partial charge in [-0.15, -0.1) is 11.6 Å².